The van der Waals surface area contributed by atoms with Gasteiger partial charge in [0, 0.05) is 16.4 Å². The van der Waals surface area contributed by atoms with E-state index in [1.54, 1.807) is 0 Å². The summed E-state index contributed by atoms with van der Waals surface area (Å²) in [4.78, 5) is 14.9. The Labute approximate surface area is 244 Å². The lowest BCUT2D eigenvalue weighted by Crippen LogP contribution is -2.68. The first-order valence-corrected chi connectivity index (χ1v) is 17.2. The summed E-state index contributed by atoms with van der Waals surface area (Å²) in [5.74, 6) is 1.84. The van der Waals surface area contributed by atoms with Gasteiger partial charge in [0.15, 0.2) is 5.78 Å². The fraction of sp³-hybridized carbons (Fsp3) is 0.289. The maximum Gasteiger partial charge on any atom is 0.170 e. The van der Waals surface area contributed by atoms with E-state index in [-0.39, 0.29) is 10.5 Å². The summed E-state index contributed by atoms with van der Waals surface area (Å²) in [6, 6.07) is 42.1. The molecule has 0 unspecified atom stereocenters. The Balaban J connectivity index is 1.45. The van der Waals surface area contributed by atoms with Gasteiger partial charge < -0.3 is 4.42 Å². The second-order valence-electron chi connectivity index (χ2n) is 13.6. The molecule has 4 aromatic carbocycles. The lowest BCUT2D eigenvalue weighted by Gasteiger charge is -2.53. The fourth-order valence-corrected chi connectivity index (χ4v) is 14.9. The Morgan fingerprint density at radius 3 is 1.95 bits per heavy atom. The second-order valence-corrected chi connectivity index (χ2v) is 18.4. The molecule has 1 aromatic heterocycles. The second kappa shape index (κ2) is 9.42. The zero-order valence-corrected chi connectivity index (χ0v) is 25.3. The van der Waals surface area contributed by atoms with Gasteiger partial charge in [0.1, 0.15) is 13.8 Å². The van der Waals surface area contributed by atoms with Gasteiger partial charge in [-0.2, -0.15) is 0 Å². The molecule has 1 heterocycles. The molecule has 3 aliphatic rings. The molecule has 3 aliphatic carbocycles. The van der Waals surface area contributed by atoms with E-state index in [0.717, 1.165) is 42.0 Å². The predicted molar refractivity (Wildman–Crippen MR) is 171 cm³/mol. The van der Waals surface area contributed by atoms with Crippen LogP contribution in [0.1, 0.15) is 56.2 Å². The summed E-state index contributed by atoms with van der Waals surface area (Å²) < 4.78 is 6.40. The number of Topliss-reactive ketones (excluding diaryl/α,β-unsaturated/α-hetero) is 1. The summed E-state index contributed by atoms with van der Waals surface area (Å²) in [6.07, 6.45) is 4.70. The van der Waals surface area contributed by atoms with E-state index in [1.807, 2.05) is 12.3 Å². The largest absolute Gasteiger partial charge is 0.469 e. The van der Waals surface area contributed by atoms with Gasteiger partial charge in [-0.15, -0.1) is 0 Å². The molecule has 3 heteroatoms. The molecule has 2 bridgehead atoms. The topological polar surface area (TPSA) is 30.2 Å². The van der Waals surface area contributed by atoms with Crippen molar-refractivity contribution in [3.05, 3.63) is 133 Å². The van der Waals surface area contributed by atoms with Crippen LogP contribution in [0.3, 0.4) is 0 Å². The van der Waals surface area contributed by atoms with Gasteiger partial charge in [0.25, 0.3) is 0 Å². The van der Waals surface area contributed by atoms with E-state index in [2.05, 4.69) is 130 Å². The maximum atomic E-state index is 14.9. The van der Waals surface area contributed by atoms with Crippen LogP contribution in [0, 0.1) is 11.3 Å². The Bertz CT molecular complexity index is 1650. The molecule has 41 heavy (non-hydrogen) atoms. The van der Waals surface area contributed by atoms with Crippen LogP contribution in [0.4, 0.5) is 0 Å². The molecule has 3 fully saturated rings. The number of carbonyl (C=O) groups is 1. The highest BCUT2D eigenvalue weighted by molar-refractivity contribution is 7.04. The third kappa shape index (κ3) is 3.78. The van der Waals surface area contributed by atoms with Gasteiger partial charge in [-0.1, -0.05) is 128 Å². The van der Waals surface area contributed by atoms with E-state index in [4.69, 9.17) is 4.42 Å². The molecule has 2 nitrogen and oxygen atoms in total. The van der Waals surface area contributed by atoms with E-state index in [0.29, 0.717) is 11.7 Å². The SMILES string of the molecule is CC(C)(C)[Si](C[C@]1(c2ccco2)CC2CC1(C(=O)c1ccc3ccccc3c1)C2)(c1ccccc1)c1ccccc1. The molecule has 8 rings (SSSR count). The van der Waals surface area contributed by atoms with Crippen LogP contribution in [0.25, 0.3) is 10.8 Å². The minimum Gasteiger partial charge on any atom is -0.469 e. The van der Waals surface area contributed by atoms with Gasteiger partial charge in [0.2, 0.25) is 0 Å². The lowest BCUT2D eigenvalue weighted by atomic mass is 9.56. The summed E-state index contributed by atoms with van der Waals surface area (Å²) in [6.45, 7) is 7.27. The Morgan fingerprint density at radius 1 is 0.756 bits per heavy atom. The fourth-order valence-electron chi connectivity index (χ4n) is 8.77. The van der Waals surface area contributed by atoms with Crippen molar-refractivity contribution in [3.8, 4) is 0 Å². The molecule has 0 radical (unpaired) electrons. The smallest absolute Gasteiger partial charge is 0.170 e. The molecular weight excluding hydrogens is 517 g/mol. The number of ketones is 1. The van der Waals surface area contributed by atoms with Crippen molar-refractivity contribution in [1.82, 2.24) is 0 Å². The third-order valence-corrected chi connectivity index (χ3v) is 17.0. The van der Waals surface area contributed by atoms with Crippen molar-refractivity contribution in [1.29, 1.82) is 0 Å². The van der Waals surface area contributed by atoms with E-state index in [9.17, 15) is 4.79 Å². The molecule has 0 amide bonds. The average Bonchev–Trinajstić information content (AvgIpc) is 3.70. The summed E-state index contributed by atoms with van der Waals surface area (Å²) in [5.41, 5.74) is 0.00237. The first kappa shape index (κ1) is 26.2. The van der Waals surface area contributed by atoms with Gasteiger partial charge in [-0.3, -0.25) is 4.79 Å². The van der Waals surface area contributed by atoms with Crippen molar-refractivity contribution in [3.63, 3.8) is 0 Å². The van der Waals surface area contributed by atoms with E-state index < -0.39 is 13.5 Å². The number of rotatable bonds is 7. The quantitative estimate of drug-likeness (QED) is 0.149. The number of benzene rings is 4. The van der Waals surface area contributed by atoms with Gasteiger partial charge in [0.05, 0.1) is 6.26 Å². The average molecular weight is 555 g/mol. The van der Waals surface area contributed by atoms with Crippen molar-refractivity contribution in [2.45, 2.75) is 56.5 Å². The van der Waals surface area contributed by atoms with Crippen molar-refractivity contribution < 1.29 is 9.21 Å². The van der Waals surface area contributed by atoms with Crippen LogP contribution in [0.2, 0.25) is 11.1 Å². The Hall–Kier alpha value is -3.69. The maximum absolute atomic E-state index is 14.9. The lowest BCUT2D eigenvalue weighted by molar-refractivity contribution is 0.0469. The van der Waals surface area contributed by atoms with Crippen LogP contribution >= 0.6 is 0 Å². The molecular formula is C38H38O2Si. The molecule has 1 atom stereocenters. The Kier molecular flexibility index (Phi) is 6.03. The number of carbonyl (C=O) groups excluding carboxylic acids is 1. The minimum atomic E-state index is -2.51. The normalized spacial score (nSPS) is 23.8. The van der Waals surface area contributed by atoms with E-state index in [1.165, 1.54) is 15.8 Å². The predicted octanol–water partition coefficient (Wildman–Crippen LogP) is 8.42. The first-order valence-electron chi connectivity index (χ1n) is 15.0. The highest BCUT2D eigenvalue weighted by atomic mass is 28.3. The number of hydrogen-bond donors (Lipinski definition) is 0. The molecule has 0 N–H and O–H groups in total. The van der Waals surface area contributed by atoms with Crippen LogP contribution < -0.4 is 10.4 Å². The van der Waals surface area contributed by atoms with Crippen molar-refractivity contribution in [2.24, 2.45) is 11.3 Å². The number of fused-ring (bicyclic) bond motifs is 2. The molecule has 3 saturated carbocycles. The van der Waals surface area contributed by atoms with Crippen LogP contribution in [-0.4, -0.2) is 13.9 Å². The van der Waals surface area contributed by atoms with Crippen LogP contribution in [0.5, 0.6) is 0 Å². The molecule has 0 aliphatic heterocycles. The highest BCUT2D eigenvalue weighted by Gasteiger charge is 2.73. The molecule has 0 saturated heterocycles. The zero-order valence-electron chi connectivity index (χ0n) is 24.3. The van der Waals surface area contributed by atoms with Gasteiger partial charge in [-0.25, -0.2) is 0 Å². The van der Waals surface area contributed by atoms with Crippen molar-refractivity contribution in [2.75, 3.05) is 0 Å². The minimum absolute atomic E-state index is 0.00450. The van der Waals surface area contributed by atoms with Gasteiger partial charge >= 0.3 is 0 Å². The number of furan rings is 1. The van der Waals surface area contributed by atoms with E-state index >= 15 is 0 Å². The van der Waals surface area contributed by atoms with Crippen molar-refractivity contribution >= 4 is 35.0 Å². The Morgan fingerprint density at radius 2 is 1.37 bits per heavy atom. The first-order chi connectivity index (χ1) is 19.8. The van der Waals surface area contributed by atoms with Crippen LogP contribution in [0.15, 0.2) is 126 Å². The summed E-state index contributed by atoms with van der Waals surface area (Å²) >= 11 is 0. The molecule has 5 aromatic rings. The monoisotopic (exact) mass is 554 g/mol. The summed E-state index contributed by atoms with van der Waals surface area (Å²) in [5, 5.41) is 5.16. The zero-order chi connectivity index (χ0) is 28.3. The van der Waals surface area contributed by atoms with Crippen LogP contribution in [-0.2, 0) is 5.41 Å². The third-order valence-electron chi connectivity index (χ3n) is 10.6. The van der Waals surface area contributed by atoms with Gasteiger partial charge in [-0.05, 0) is 65.2 Å². The molecule has 0 spiro atoms. The highest BCUT2D eigenvalue weighted by Crippen LogP contribution is 2.73. The standard InChI is InChI=1S/C38H38O2Si/c1-36(2,3)41(32-15-6-4-7-16-32,33-17-8-5-9-18-33)27-38(34-19-12-22-40-34)26-28-24-37(38,25-28)35(39)31-21-20-29-13-10-11-14-30(29)23-31/h4-23,28H,24-27H2,1-3H3/t28?,37?,38-/m0/s1. The number of hydrogen-bond acceptors (Lipinski definition) is 2. The molecule has 206 valence electrons. The summed E-state index contributed by atoms with van der Waals surface area (Å²) in [7, 11) is -2.51.